The summed E-state index contributed by atoms with van der Waals surface area (Å²) in [5.41, 5.74) is 2.79. The van der Waals surface area contributed by atoms with Gasteiger partial charge in [-0.15, -0.1) is 0 Å². The molecule has 1 spiro atoms. The van der Waals surface area contributed by atoms with Gasteiger partial charge >= 0.3 is 0 Å². The molecule has 1 unspecified atom stereocenters. The molecule has 3 aliphatic rings. The summed E-state index contributed by atoms with van der Waals surface area (Å²) in [5, 5.41) is 0. The zero-order chi connectivity index (χ0) is 18.5. The van der Waals surface area contributed by atoms with Crippen LogP contribution in [0.3, 0.4) is 0 Å². The first-order chi connectivity index (χ1) is 13.3. The molecule has 0 aromatic heterocycles. The largest absolute Gasteiger partial charge is 0.493 e. The smallest absolute Gasteiger partial charge is 0.122 e. The molecule has 3 heterocycles. The van der Waals surface area contributed by atoms with E-state index in [0.717, 1.165) is 77.3 Å². The Morgan fingerprint density at radius 2 is 2.07 bits per heavy atom. The summed E-state index contributed by atoms with van der Waals surface area (Å²) in [5.74, 6) is 1.07. The summed E-state index contributed by atoms with van der Waals surface area (Å²) in [7, 11) is 0. The van der Waals surface area contributed by atoms with E-state index in [9.17, 15) is 0 Å². The van der Waals surface area contributed by atoms with Crippen LogP contribution >= 0.6 is 0 Å². The first-order valence-electron chi connectivity index (χ1n) is 10.6. The van der Waals surface area contributed by atoms with Gasteiger partial charge in [0.2, 0.25) is 0 Å². The van der Waals surface area contributed by atoms with E-state index >= 15 is 0 Å². The normalized spacial score (nSPS) is 24.7. The van der Waals surface area contributed by atoms with Crippen molar-refractivity contribution in [3.63, 3.8) is 0 Å². The zero-order valence-corrected chi connectivity index (χ0v) is 16.6. The maximum atomic E-state index is 6.27. The molecule has 0 aliphatic carbocycles. The number of fused-ring (bicyclic) bond motifs is 1. The molecule has 3 aliphatic heterocycles. The Morgan fingerprint density at radius 3 is 2.93 bits per heavy atom. The lowest BCUT2D eigenvalue weighted by Crippen LogP contribution is -2.50. The van der Waals surface area contributed by atoms with Gasteiger partial charge in [-0.25, -0.2) is 0 Å². The molecule has 2 fully saturated rings. The van der Waals surface area contributed by atoms with Gasteiger partial charge in [-0.2, -0.15) is 0 Å². The van der Waals surface area contributed by atoms with Crippen LogP contribution in [-0.2, 0) is 27.2 Å². The highest BCUT2D eigenvalue weighted by Gasteiger charge is 2.40. The van der Waals surface area contributed by atoms with Crippen LogP contribution in [0.2, 0.25) is 0 Å². The number of piperidine rings is 1. The monoisotopic (exact) mass is 375 g/mol. The van der Waals surface area contributed by atoms with Crippen molar-refractivity contribution in [2.45, 2.75) is 57.3 Å². The minimum absolute atomic E-state index is 0.0246. The molecule has 0 radical (unpaired) electrons. The number of likely N-dealkylation sites (tertiary alicyclic amines) is 1. The highest BCUT2D eigenvalue weighted by atomic mass is 16.5. The summed E-state index contributed by atoms with van der Waals surface area (Å²) < 4.78 is 23.3. The summed E-state index contributed by atoms with van der Waals surface area (Å²) in [6.45, 7) is 9.04. The predicted molar refractivity (Wildman–Crippen MR) is 104 cm³/mol. The fourth-order valence-corrected chi connectivity index (χ4v) is 4.61. The van der Waals surface area contributed by atoms with Gasteiger partial charge in [0.1, 0.15) is 5.75 Å². The van der Waals surface area contributed by atoms with Crippen LogP contribution in [0, 0.1) is 0 Å². The Bertz CT molecular complexity index is 612. The minimum atomic E-state index is 0.0246. The quantitative estimate of drug-likeness (QED) is 0.685. The molecule has 0 saturated carbocycles. The second-order valence-electron chi connectivity index (χ2n) is 8.03. The van der Waals surface area contributed by atoms with Crippen LogP contribution in [0.4, 0.5) is 0 Å². The number of nitrogens with zero attached hydrogens (tertiary/aromatic N) is 1. The Morgan fingerprint density at radius 1 is 1.19 bits per heavy atom. The second-order valence-corrected chi connectivity index (χ2v) is 8.03. The topological polar surface area (TPSA) is 40.2 Å². The summed E-state index contributed by atoms with van der Waals surface area (Å²) in [6.07, 6.45) is 5.61. The van der Waals surface area contributed by atoms with Crippen LogP contribution in [0.1, 0.15) is 43.7 Å². The zero-order valence-electron chi connectivity index (χ0n) is 16.6. The Balaban J connectivity index is 1.25. The summed E-state index contributed by atoms with van der Waals surface area (Å²) in [4.78, 5) is 2.56. The lowest BCUT2D eigenvalue weighted by molar-refractivity contribution is -0.158. The number of rotatable bonds is 7. The van der Waals surface area contributed by atoms with Gasteiger partial charge in [0.25, 0.3) is 0 Å². The molecule has 0 amide bonds. The maximum Gasteiger partial charge on any atom is 0.122 e. The van der Waals surface area contributed by atoms with Gasteiger partial charge < -0.3 is 18.9 Å². The second kappa shape index (κ2) is 8.91. The molecule has 1 aromatic carbocycles. The van der Waals surface area contributed by atoms with Crippen molar-refractivity contribution in [3.8, 4) is 5.75 Å². The van der Waals surface area contributed by atoms with E-state index in [1.54, 1.807) is 0 Å². The Labute approximate surface area is 162 Å². The lowest BCUT2D eigenvalue weighted by atomic mass is 9.83. The van der Waals surface area contributed by atoms with Gasteiger partial charge in [0.05, 0.1) is 31.5 Å². The maximum absolute atomic E-state index is 6.27. The van der Waals surface area contributed by atoms with Crippen LogP contribution < -0.4 is 4.74 Å². The number of ether oxygens (including phenoxy) is 4. The highest BCUT2D eigenvalue weighted by molar-refractivity contribution is 5.39. The van der Waals surface area contributed by atoms with Gasteiger partial charge in [-0.1, -0.05) is 12.1 Å². The molecule has 5 nitrogen and oxygen atoms in total. The van der Waals surface area contributed by atoms with Crippen molar-refractivity contribution in [3.05, 3.63) is 29.3 Å². The van der Waals surface area contributed by atoms with Crippen molar-refractivity contribution in [2.24, 2.45) is 0 Å². The molecule has 27 heavy (non-hydrogen) atoms. The van der Waals surface area contributed by atoms with Crippen molar-refractivity contribution in [1.82, 2.24) is 4.90 Å². The standard InChI is InChI=1S/C22H33NO4/c1-2-24-13-14-25-20-6-12-27-22(16-20)7-9-23(10-8-22)17-18-3-4-21-19(15-18)5-11-26-21/h3-4,15,20H,2,5-14,16-17H2,1H3. The molecule has 150 valence electrons. The summed E-state index contributed by atoms with van der Waals surface area (Å²) >= 11 is 0. The summed E-state index contributed by atoms with van der Waals surface area (Å²) in [6, 6.07) is 6.68. The van der Waals surface area contributed by atoms with Crippen LogP contribution in [0.5, 0.6) is 5.75 Å². The van der Waals surface area contributed by atoms with Gasteiger partial charge in [-0.3, -0.25) is 4.90 Å². The third-order valence-electron chi connectivity index (χ3n) is 6.16. The number of hydrogen-bond acceptors (Lipinski definition) is 5. The molecule has 5 heteroatoms. The van der Waals surface area contributed by atoms with Gasteiger partial charge in [0, 0.05) is 45.7 Å². The SMILES string of the molecule is CCOCCOC1CCOC2(CCN(Cc3ccc4c(c3)CCO4)CC2)C1. The van der Waals surface area contributed by atoms with Crippen molar-refractivity contribution >= 4 is 0 Å². The first-order valence-corrected chi connectivity index (χ1v) is 10.6. The molecule has 0 N–H and O–H groups in total. The van der Waals surface area contributed by atoms with E-state index in [2.05, 4.69) is 23.1 Å². The van der Waals surface area contributed by atoms with Crippen molar-refractivity contribution < 1.29 is 18.9 Å². The fraction of sp³-hybridized carbons (Fsp3) is 0.727. The third kappa shape index (κ3) is 4.83. The van der Waals surface area contributed by atoms with Crippen LogP contribution in [-0.4, -0.2) is 62.7 Å². The molecular weight excluding hydrogens is 342 g/mol. The Hall–Kier alpha value is -1.14. The molecule has 1 atom stereocenters. The minimum Gasteiger partial charge on any atom is -0.493 e. The molecule has 1 aromatic rings. The number of hydrogen-bond donors (Lipinski definition) is 0. The molecular formula is C22H33NO4. The third-order valence-corrected chi connectivity index (χ3v) is 6.16. The predicted octanol–water partition coefficient (Wildman–Crippen LogP) is 3.19. The van der Waals surface area contributed by atoms with E-state index in [1.807, 2.05) is 6.92 Å². The fourth-order valence-electron chi connectivity index (χ4n) is 4.61. The van der Waals surface area contributed by atoms with E-state index in [0.29, 0.717) is 19.3 Å². The van der Waals surface area contributed by atoms with Crippen LogP contribution in [0.25, 0.3) is 0 Å². The van der Waals surface area contributed by atoms with Crippen molar-refractivity contribution in [2.75, 3.05) is 46.1 Å². The Kier molecular flexibility index (Phi) is 6.33. The average molecular weight is 376 g/mol. The van der Waals surface area contributed by atoms with Gasteiger partial charge in [0.15, 0.2) is 0 Å². The van der Waals surface area contributed by atoms with Crippen LogP contribution in [0.15, 0.2) is 18.2 Å². The van der Waals surface area contributed by atoms with Crippen molar-refractivity contribution in [1.29, 1.82) is 0 Å². The lowest BCUT2D eigenvalue weighted by Gasteiger charge is -2.46. The highest BCUT2D eigenvalue weighted by Crippen LogP contribution is 2.36. The number of benzene rings is 1. The van der Waals surface area contributed by atoms with E-state index < -0.39 is 0 Å². The molecule has 2 saturated heterocycles. The first kappa shape index (κ1) is 19.2. The van der Waals surface area contributed by atoms with E-state index in [4.69, 9.17) is 18.9 Å². The van der Waals surface area contributed by atoms with Gasteiger partial charge in [-0.05, 0) is 43.4 Å². The average Bonchev–Trinajstić information content (AvgIpc) is 3.15. The molecule has 4 rings (SSSR count). The van der Waals surface area contributed by atoms with E-state index in [-0.39, 0.29) is 5.60 Å². The van der Waals surface area contributed by atoms with E-state index in [1.165, 1.54) is 11.1 Å². The molecule has 0 bridgehead atoms.